The second-order valence-corrected chi connectivity index (χ2v) is 9.79. The van der Waals surface area contributed by atoms with Crippen LogP contribution in [0, 0.1) is 5.82 Å². The van der Waals surface area contributed by atoms with E-state index in [1.54, 1.807) is 6.08 Å². The zero-order valence-corrected chi connectivity index (χ0v) is 24.4. The molecule has 196 valence electrons. The molecule has 0 saturated carbocycles. The number of rotatable bonds is 8. The average Bonchev–Trinajstić information content (AvgIpc) is 3.27. The average molecular weight is 535 g/mol. The molecule has 4 aromatic rings. The van der Waals surface area contributed by atoms with Crippen LogP contribution in [-0.4, -0.2) is 53.1 Å². The first kappa shape index (κ1) is 29.0. The van der Waals surface area contributed by atoms with Crippen molar-refractivity contribution < 1.29 is 43.8 Å². The largest absolute Gasteiger partial charge is 1.00 e. The molecule has 8 heteroatoms. The summed E-state index contributed by atoms with van der Waals surface area (Å²) in [4.78, 5) is 20.5. The smallest absolute Gasteiger partial charge is 0.545 e. The van der Waals surface area contributed by atoms with Crippen molar-refractivity contribution in [3.63, 3.8) is 0 Å². The number of carboxylic acids is 1. The minimum atomic E-state index is -1.19. The van der Waals surface area contributed by atoms with Gasteiger partial charge in [-0.2, -0.15) is 0 Å². The first-order valence-corrected chi connectivity index (χ1v) is 13.2. The van der Waals surface area contributed by atoms with Crippen LogP contribution in [0.15, 0.2) is 78.9 Å². The van der Waals surface area contributed by atoms with Gasteiger partial charge in [0.1, 0.15) is 5.82 Å². The Morgan fingerprint density at radius 3 is 2.26 bits per heavy atom. The Morgan fingerprint density at radius 2 is 1.56 bits per heavy atom. The van der Waals surface area contributed by atoms with E-state index in [2.05, 4.69) is 38.6 Å². The van der Waals surface area contributed by atoms with E-state index in [0.29, 0.717) is 6.54 Å². The Bertz CT molecular complexity index is 1390. The summed E-state index contributed by atoms with van der Waals surface area (Å²) in [6.45, 7) is 5.57. The van der Waals surface area contributed by atoms with Crippen LogP contribution in [0.2, 0.25) is 0 Å². The van der Waals surface area contributed by atoms with Gasteiger partial charge in [0, 0.05) is 19.6 Å². The van der Waals surface area contributed by atoms with E-state index in [1.165, 1.54) is 17.7 Å². The Hall–Kier alpha value is -2.97. The van der Waals surface area contributed by atoms with E-state index >= 15 is 0 Å². The topological polar surface area (TPSA) is 64.4 Å². The summed E-state index contributed by atoms with van der Waals surface area (Å²) in [6, 6.07) is 22.9. The number of aromatic nitrogens is 2. The van der Waals surface area contributed by atoms with Crippen molar-refractivity contribution in [1.82, 2.24) is 14.5 Å². The number of aliphatic carboxylic acids is 1. The number of para-hydroxylation sites is 2. The van der Waals surface area contributed by atoms with Crippen LogP contribution in [0.1, 0.15) is 29.5 Å². The number of halogens is 1. The molecule has 1 aromatic heterocycles. The molecule has 2 heterocycles. The molecule has 39 heavy (non-hydrogen) atoms. The number of carbonyl (C=O) groups is 1. The van der Waals surface area contributed by atoms with E-state index in [9.17, 15) is 14.3 Å². The Labute approximate surface area is 251 Å². The summed E-state index contributed by atoms with van der Waals surface area (Å²) in [5, 5.41) is 10.6. The number of nitrogens with zero attached hydrogens (tertiary/aromatic N) is 4. The monoisotopic (exact) mass is 534 g/mol. The van der Waals surface area contributed by atoms with Crippen LogP contribution in [0.5, 0.6) is 0 Å². The molecule has 5 rings (SSSR count). The molecule has 0 atom stereocenters. The van der Waals surface area contributed by atoms with Crippen molar-refractivity contribution in [3.05, 3.63) is 101 Å². The SMILES string of the molecule is O=C([O-])/C=C/c1ccc(CCN2CCCN(c3nc4ccccc4n3Cc3ccc(F)cc3)CCC2)cc1.[Na+]. The molecule has 0 bridgehead atoms. The predicted octanol–water partition coefficient (Wildman–Crippen LogP) is 1.14. The molecular formula is C31H32FN4NaO2. The number of fused-ring (bicyclic) bond motifs is 1. The molecule has 1 saturated heterocycles. The van der Waals surface area contributed by atoms with Gasteiger partial charge in [-0.3, -0.25) is 0 Å². The number of hydrogen-bond acceptors (Lipinski definition) is 5. The third kappa shape index (κ3) is 7.79. The van der Waals surface area contributed by atoms with E-state index < -0.39 is 5.97 Å². The molecule has 0 unspecified atom stereocenters. The summed E-state index contributed by atoms with van der Waals surface area (Å²) in [6.07, 6.45) is 5.66. The van der Waals surface area contributed by atoms with Crippen molar-refractivity contribution >= 4 is 29.0 Å². The van der Waals surface area contributed by atoms with Crippen molar-refractivity contribution in [2.45, 2.75) is 25.8 Å². The fourth-order valence-corrected chi connectivity index (χ4v) is 5.10. The Morgan fingerprint density at radius 1 is 0.897 bits per heavy atom. The fourth-order valence-electron chi connectivity index (χ4n) is 5.10. The summed E-state index contributed by atoms with van der Waals surface area (Å²) < 4.78 is 15.7. The molecule has 6 nitrogen and oxygen atoms in total. The van der Waals surface area contributed by atoms with E-state index in [0.717, 1.165) is 86.2 Å². The minimum absolute atomic E-state index is 0. The zero-order valence-electron chi connectivity index (χ0n) is 22.4. The Balaban J connectivity index is 0.00000353. The van der Waals surface area contributed by atoms with Crippen LogP contribution in [-0.2, 0) is 17.8 Å². The fraction of sp³-hybridized carbons (Fsp3) is 0.290. The molecule has 1 aliphatic rings. The maximum Gasteiger partial charge on any atom is 1.00 e. The number of benzene rings is 3. The second-order valence-electron chi connectivity index (χ2n) is 9.79. The maximum atomic E-state index is 13.5. The molecule has 0 radical (unpaired) electrons. The molecule has 0 amide bonds. The van der Waals surface area contributed by atoms with Crippen molar-refractivity contribution in [3.8, 4) is 0 Å². The number of hydrogen-bond donors (Lipinski definition) is 0. The number of anilines is 1. The van der Waals surface area contributed by atoms with Gasteiger partial charge in [0.2, 0.25) is 5.95 Å². The van der Waals surface area contributed by atoms with Crippen LogP contribution >= 0.6 is 0 Å². The molecule has 3 aromatic carbocycles. The number of carboxylic acid groups (broad SMARTS) is 1. The van der Waals surface area contributed by atoms with Crippen LogP contribution in [0.3, 0.4) is 0 Å². The van der Waals surface area contributed by atoms with Gasteiger partial charge in [-0.25, -0.2) is 9.37 Å². The van der Waals surface area contributed by atoms with Crippen LogP contribution < -0.4 is 39.6 Å². The Kier molecular flexibility index (Phi) is 10.3. The number of carbonyl (C=O) groups excluding carboxylic acids is 1. The zero-order chi connectivity index (χ0) is 26.3. The van der Waals surface area contributed by atoms with Crippen LogP contribution in [0.4, 0.5) is 10.3 Å². The third-order valence-electron chi connectivity index (χ3n) is 7.08. The minimum Gasteiger partial charge on any atom is -0.545 e. The molecule has 0 spiro atoms. The molecule has 1 aliphatic heterocycles. The second kappa shape index (κ2) is 13.9. The molecule has 0 aliphatic carbocycles. The quantitative estimate of drug-likeness (QED) is 0.251. The van der Waals surface area contributed by atoms with E-state index in [1.807, 2.05) is 36.4 Å². The summed E-state index contributed by atoms with van der Waals surface area (Å²) in [5.74, 6) is -0.424. The van der Waals surface area contributed by atoms with Gasteiger partial charge < -0.3 is 24.3 Å². The van der Waals surface area contributed by atoms with Crippen molar-refractivity contribution in [2.75, 3.05) is 37.6 Å². The van der Waals surface area contributed by atoms with Gasteiger partial charge in [-0.1, -0.05) is 54.6 Å². The van der Waals surface area contributed by atoms with Crippen LogP contribution in [0.25, 0.3) is 17.1 Å². The standard InChI is InChI=1S/C31H33FN4O2.Na/c32-27-14-11-26(12-15-27)23-36-29-6-2-1-5-28(29)33-31(36)35-20-3-18-34(19-4-21-35)22-17-25-9-7-24(8-10-25)13-16-30(37)38;/h1-2,5-16H,3-4,17-23H2,(H,37,38);/q;+1/p-1/b16-13+;. The van der Waals surface area contributed by atoms with Crippen molar-refractivity contribution in [1.29, 1.82) is 0 Å². The summed E-state index contributed by atoms with van der Waals surface area (Å²) in [5.41, 5.74) is 5.23. The van der Waals surface area contributed by atoms with Gasteiger partial charge in [0.05, 0.1) is 23.5 Å². The molecule has 1 fully saturated rings. The predicted molar refractivity (Wildman–Crippen MR) is 147 cm³/mol. The maximum absolute atomic E-state index is 13.5. The summed E-state index contributed by atoms with van der Waals surface area (Å²) >= 11 is 0. The van der Waals surface area contributed by atoms with E-state index in [-0.39, 0.29) is 35.4 Å². The van der Waals surface area contributed by atoms with Gasteiger partial charge in [-0.05, 0) is 79.4 Å². The number of imidazole rings is 1. The summed E-state index contributed by atoms with van der Waals surface area (Å²) in [7, 11) is 0. The van der Waals surface area contributed by atoms with Crippen molar-refractivity contribution in [2.24, 2.45) is 0 Å². The molecular weight excluding hydrogens is 502 g/mol. The van der Waals surface area contributed by atoms with Gasteiger partial charge in [0.25, 0.3) is 0 Å². The van der Waals surface area contributed by atoms with E-state index in [4.69, 9.17) is 4.98 Å². The van der Waals surface area contributed by atoms with Gasteiger partial charge >= 0.3 is 29.6 Å². The van der Waals surface area contributed by atoms with Gasteiger partial charge in [0.15, 0.2) is 0 Å². The first-order valence-electron chi connectivity index (χ1n) is 13.2. The molecule has 0 N–H and O–H groups in total. The van der Waals surface area contributed by atoms with Gasteiger partial charge in [-0.15, -0.1) is 0 Å². The first-order chi connectivity index (χ1) is 18.5. The normalized spacial score (nSPS) is 14.7. The third-order valence-corrected chi connectivity index (χ3v) is 7.08.